The van der Waals surface area contributed by atoms with Crippen molar-refractivity contribution in [3.8, 4) is 5.69 Å². The zero-order valence-electron chi connectivity index (χ0n) is 17.7. The van der Waals surface area contributed by atoms with Gasteiger partial charge in [0.1, 0.15) is 0 Å². The van der Waals surface area contributed by atoms with Crippen molar-refractivity contribution in [2.45, 2.75) is 44.6 Å². The Morgan fingerprint density at radius 3 is 2.69 bits per heavy atom. The predicted molar refractivity (Wildman–Crippen MR) is 116 cm³/mol. The van der Waals surface area contributed by atoms with E-state index in [0.29, 0.717) is 18.5 Å². The van der Waals surface area contributed by atoms with Crippen molar-refractivity contribution in [2.75, 3.05) is 6.61 Å². The molecule has 0 spiro atoms. The Hall–Kier alpha value is -3.26. The fourth-order valence-electron chi connectivity index (χ4n) is 4.84. The van der Waals surface area contributed by atoms with Crippen molar-refractivity contribution in [3.63, 3.8) is 0 Å². The molecule has 1 fully saturated rings. The van der Waals surface area contributed by atoms with Gasteiger partial charge in [-0.3, -0.25) is 5.10 Å². The highest BCUT2D eigenvalue weighted by Gasteiger charge is 2.33. The van der Waals surface area contributed by atoms with Crippen LogP contribution in [0.1, 0.15) is 49.8 Å². The van der Waals surface area contributed by atoms with Crippen molar-refractivity contribution in [1.29, 1.82) is 0 Å². The second kappa shape index (κ2) is 7.70. The number of benzene rings is 2. The Bertz CT molecular complexity index is 1330. The summed E-state index contributed by atoms with van der Waals surface area (Å²) in [5, 5.41) is 18.3. The standard InChI is InChI=1S/C24H23F2N3O3/c1-12(2)23-22(13-3-6-21(24(30)31)32-11-13)16-9-19-14(10-27-28-19)7-20(16)29(23)15-4-5-17(25)18(26)8-15/h4-5,7-10,12-13,21H,3,6,11H2,1-2H3,(H,27,28)(H,30,31)/t13-,21+/m0/s1. The van der Waals surface area contributed by atoms with Gasteiger partial charge in [-0.25, -0.2) is 13.6 Å². The minimum atomic E-state index is -0.948. The first-order valence-electron chi connectivity index (χ1n) is 10.7. The minimum Gasteiger partial charge on any atom is -0.479 e. The lowest BCUT2D eigenvalue weighted by atomic mass is 9.87. The van der Waals surface area contributed by atoms with Crippen LogP contribution in [-0.4, -0.2) is 38.6 Å². The normalized spacial score (nSPS) is 19.3. The average molecular weight is 439 g/mol. The van der Waals surface area contributed by atoms with Gasteiger partial charge in [0.25, 0.3) is 0 Å². The molecule has 166 valence electrons. The van der Waals surface area contributed by atoms with E-state index in [1.54, 1.807) is 12.3 Å². The number of halogens is 2. The van der Waals surface area contributed by atoms with E-state index in [0.717, 1.165) is 39.1 Å². The number of hydrogen-bond acceptors (Lipinski definition) is 3. The third kappa shape index (κ3) is 3.26. The Labute approximate surface area is 182 Å². The Morgan fingerprint density at radius 2 is 2.03 bits per heavy atom. The lowest BCUT2D eigenvalue weighted by Crippen LogP contribution is -2.31. The van der Waals surface area contributed by atoms with E-state index >= 15 is 0 Å². The van der Waals surface area contributed by atoms with E-state index < -0.39 is 23.7 Å². The summed E-state index contributed by atoms with van der Waals surface area (Å²) in [4.78, 5) is 11.3. The lowest BCUT2D eigenvalue weighted by molar-refractivity contribution is -0.153. The highest BCUT2D eigenvalue weighted by molar-refractivity contribution is 5.99. The molecule has 4 aromatic rings. The van der Waals surface area contributed by atoms with Crippen LogP contribution in [0.25, 0.3) is 27.5 Å². The molecule has 0 radical (unpaired) electrons. The number of nitrogens with zero attached hydrogens (tertiary/aromatic N) is 2. The summed E-state index contributed by atoms with van der Waals surface area (Å²) in [6.45, 7) is 4.41. The number of nitrogens with one attached hydrogen (secondary N) is 1. The maximum atomic E-state index is 14.2. The van der Waals surface area contributed by atoms with Crippen molar-refractivity contribution in [2.24, 2.45) is 0 Å². The average Bonchev–Trinajstić information content (AvgIpc) is 3.36. The van der Waals surface area contributed by atoms with Gasteiger partial charge < -0.3 is 14.4 Å². The third-order valence-electron chi connectivity index (χ3n) is 6.27. The molecule has 32 heavy (non-hydrogen) atoms. The van der Waals surface area contributed by atoms with E-state index in [1.807, 2.05) is 16.7 Å². The Morgan fingerprint density at radius 1 is 1.22 bits per heavy atom. The monoisotopic (exact) mass is 439 g/mol. The van der Waals surface area contributed by atoms with Crippen LogP contribution in [-0.2, 0) is 9.53 Å². The van der Waals surface area contributed by atoms with Crippen LogP contribution < -0.4 is 0 Å². The fourth-order valence-corrected chi connectivity index (χ4v) is 4.84. The molecule has 1 aliphatic heterocycles. The number of carbonyl (C=O) groups is 1. The molecule has 3 heterocycles. The van der Waals surface area contributed by atoms with Crippen molar-refractivity contribution < 1.29 is 23.4 Å². The predicted octanol–water partition coefficient (Wildman–Crippen LogP) is 5.26. The molecule has 2 aromatic heterocycles. The van der Waals surface area contributed by atoms with Crippen molar-refractivity contribution >= 4 is 27.8 Å². The summed E-state index contributed by atoms with van der Waals surface area (Å²) in [6.07, 6.45) is 2.01. The number of aromatic amines is 1. The van der Waals surface area contributed by atoms with Crippen molar-refractivity contribution in [1.82, 2.24) is 14.8 Å². The van der Waals surface area contributed by atoms with Crippen LogP contribution in [0.5, 0.6) is 0 Å². The summed E-state index contributed by atoms with van der Waals surface area (Å²) in [5.74, 6) is -2.70. The lowest BCUT2D eigenvalue weighted by Gasteiger charge is -2.28. The molecular weight excluding hydrogens is 416 g/mol. The molecule has 1 saturated heterocycles. The molecule has 0 amide bonds. The van der Waals surface area contributed by atoms with E-state index in [4.69, 9.17) is 4.74 Å². The summed E-state index contributed by atoms with van der Waals surface area (Å²) in [5.41, 5.74) is 4.31. The third-order valence-corrected chi connectivity index (χ3v) is 6.27. The largest absolute Gasteiger partial charge is 0.479 e. The van der Waals surface area contributed by atoms with Gasteiger partial charge in [-0.2, -0.15) is 5.10 Å². The van der Waals surface area contributed by atoms with Crippen LogP contribution in [0.3, 0.4) is 0 Å². The van der Waals surface area contributed by atoms with E-state index in [1.165, 1.54) is 6.07 Å². The van der Waals surface area contributed by atoms with Gasteiger partial charge in [0.15, 0.2) is 17.7 Å². The van der Waals surface area contributed by atoms with Gasteiger partial charge in [-0.1, -0.05) is 13.8 Å². The first-order chi connectivity index (χ1) is 15.3. The fraction of sp³-hybridized carbons (Fsp3) is 0.333. The van der Waals surface area contributed by atoms with Crippen LogP contribution >= 0.6 is 0 Å². The van der Waals surface area contributed by atoms with Gasteiger partial charge in [-0.05, 0) is 48.6 Å². The van der Waals surface area contributed by atoms with Crippen molar-refractivity contribution in [3.05, 3.63) is 59.4 Å². The molecule has 1 aliphatic rings. The van der Waals surface area contributed by atoms with Crippen LogP contribution in [0.15, 0.2) is 36.5 Å². The van der Waals surface area contributed by atoms with Gasteiger partial charge in [-0.15, -0.1) is 0 Å². The number of aliphatic carboxylic acids is 1. The Kier molecular flexibility index (Phi) is 4.97. The minimum absolute atomic E-state index is 0.0163. The quantitative estimate of drug-likeness (QED) is 0.455. The van der Waals surface area contributed by atoms with Gasteiger partial charge in [0, 0.05) is 34.1 Å². The summed E-state index contributed by atoms with van der Waals surface area (Å²) < 4.78 is 35.5. The molecule has 5 rings (SSSR count). The number of aromatic nitrogens is 3. The smallest absolute Gasteiger partial charge is 0.332 e. The number of H-pyrrole nitrogens is 1. The van der Waals surface area contributed by atoms with Gasteiger partial charge in [0.05, 0.1) is 23.8 Å². The molecule has 0 bridgehead atoms. The molecule has 8 heteroatoms. The molecule has 2 aromatic carbocycles. The molecule has 0 aliphatic carbocycles. The summed E-state index contributed by atoms with van der Waals surface area (Å²) in [6, 6.07) is 7.94. The molecule has 0 unspecified atom stereocenters. The zero-order valence-corrected chi connectivity index (χ0v) is 17.7. The van der Waals surface area contributed by atoms with Gasteiger partial charge >= 0.3 is 5.97 Å². The second-order valence-corrected chi connectivity index (χ2v) is 8.65. The molecular formula is C24H23F2N3O3. The number of carboxylic acids is 1. The second-order valence-electron chi connectivity index (χ2n) is 8.65. The molecule has 0 saturated carbocycles. The highest BCUT2D eigenvalue weighted by atomic mass is 19.2. The molecule has 2 atom stereocenters. The van der Waals surface area contributed by atoms with Crippen LogP contribution in [0.4, 0.5) is 8.78 Å². The number of rotatable bonds is 4. The summed E-state index contributed by atoms with van der Waals surface area (Å²) >= 11 is 0. The Balaban J connectivity index is 1.78. The SMILES string of the molecule is CC(C)c1c([C@H]2CC[C@H](C(=O)O)OC2)c2cc3[nH]ncc3cc2n1-c1ccc(F)c(F)c1. The number of ether oxygens (including phenoxy) is 1. The van der Waals surface area contributed by atoms with E-state index in [2.05, 4.69) is 24.0 Å². The maximum Gasteiger partial charge on any atom is 0.332 e. The zero-order chi connectivity index (χ0) is 22.6. The highest BCUT2D eigenvalue weighted by Crippen LogP contribution is 2.42. The first kappa shape index (κ1) is 20.6. The van der Waals surface area contributed by atoms with Crippen LogP contribution in [0.2, 0.25) is 0 Å². The summed E-state index contributed by atoms with van der Waals surface area (Å²) in [7, 11) is 0. The maximum absolute atomic E-state index is 14.2. The topological polar surface area (TPSA) is 80.1 Å². The molecule has 6 nitrogen and oxygen atoms in total. The molecule has 2 N–H and O–H groups in total. The number of fused-ring (bicyclic) bond motifs is 2. The number of hydrogen-bond donors (Lipinski definition) is 2. The van der Waals surface area contributed by atoms with E-state index in [-0.39, 0.29) is 18.4 Å². The first-order valence-corrected chi connectivity index (χ1v) is 10.7. The van der Waals surface area contributed by atoms with Gasteiger partial charge in [0.2, 0.25) is 0 Å². The number of carboxylic acid groups (broad SMARTS) is 1. The van der Waals surface area contributed by atoms with Crippen LogP contribution in [0, 0.1) is 11.6 Å². The van der Waals surface area contributed by atoms with E-state index in [9.17, 15) is 18.7 Å².